The number of aryl methyl sites for hydroxylation is 1. The Morgan fingerprint density at radius 1 is 1.26 bits per heavy atom. The number of nitrogens with one attached hydrogen (secondary N) is 1. The smallest absolute Gasteiger partial charge is 0.359 e. The molecule has 0 saturated carbocycles. The summed E-state index contributed by atoms with van der Waals surface area (Å²) in [4.78, 5) is 17.5. The molecule has 0 spiro atoms. The van der Waals surface area contributed by atoms with Gasteiger partial charge in [0.1, 0.15) is 34.4 Å². The van der Waals surface area contributed by atoms with E-state index < -0.39 is 48.8 Å². The van der Waals surface area contributed by atoms with Crippen LogP contribution in [0.3, 0.4) is 0 Å². The summed E-state index contributed by atoms with van der Waals surface area (Å²) in [6.45, 7) is 7.74. The molecule has 12 heteroatoms. The van der Waals surface area contributed by atoms with Crippen LogP contribution in [0.15, 0.2) is 12.1 Å². The molecule has 1 saturated heterocycles. The molecule has 0 amide bonds. The van der Waals surface area contributed by atoms with Crippen molar-refractivity contribution in [1.82, 2.24) is 9.97 Å². The Morgan fingerprint density at radius 3 is 2.50 bits per heavy atom. The third-order valence-electron chi connectivity index (χ3n) is 6.60. The van der Waals surface area contributed by atoms with Crippen LogP contribution in [0.25, 0.3) is 11.0 Å². The minimum atomic E-state index is -4.46. The summed E-state index contributed by atoms with van der Waals surface area (Å²) in [5, 5.41) is 29.9. The summed E-state index contributed by atoms with van der Waals surface area (Å²) in [5.41, 5.74) is -0.256. The molecule has 190 valence electrons. The first-order chi connectivity index (χ1) is 15.6. The maximum absolute atomic E-state index is 14.5. The molecule has 0 aromatic carbocycles. The average Bonchev–Trinajstić information content (AvgIpc) is 3.00. The number of hydrogen-bond donors (Lipinski definition) is 5. The molecule has 3 heterocycles. The fraction of sp³-hybridized carbons (Fsp3) is 0.636. The number of aliphatic hydroxyl groups is 3. The maximum Gasteiger partial charge on any atom is 0.359 e. The highest BCUT2D eigenvalue weighted by molar-refractivity contribution is 7.71. The Labute approximate surface area is 202 Å². The Hall–Kier alpha value is -1.30. The molecule has 1 aliphatic rings. The third kappa shape index (κ3) is 5.12. The highest BCUT2D eigenvalue weighted by Gasteiger charge is 2.50. The van der Waals surface area contributed by atoms with Crippen LogP contribution in [-0.4, -0.2) is 59.4 Å². The van der Waals surface area contributed by atoms with Gasteiger partial charge in [-0.15, -0.1) is 0 Å². The molecule has 2 aromatic heterocycles. The number of ether oxygens (including phenoxy) is 1. The zero-order chi connectivity index (χ0) is 25.6. The van der Waals surface area contributed by atoms with Gasteiger partial charge in [0.05, 0.1) is 17.1 Å². The first-order valence-electron chi connectivity index (χ1n) is 11.1. The van der Waals surface area contributed by atoms with Crippen LogP contribution in [0.4, 0.5) is 4.39 Å². The molecule has 1 fully saturated rings. The zero-order valence-electron chi connectivity index (χ0n) is 19.8. The highest BCUT2D eigenvalue weighted by Crippen LogP contribution is 2.59. The van der Waals surface area contributed by atoms with Gasteiger partial charge in [-0.3, -0.25) is 4.57 Å². The summed E-state index contributed by atoms with van der Waals surface area (Å²) < 4.78 is 38.9. The van der Waals surface area contributed by atoms with Gasteiger partial charge in [-0.05, 0) is 45.7 Å². The summed E-state index contributed by atoms with van der Waals surface area (Å²) in [5.74, 6) is -0.520. The number of aromatic amines is 1. The molecular formula is C22H32FN2O7PS. The van der Waals surface area contributed by atoms with Crippen molar-refractivity contribution in [3.63, 3.8) is 0 Å². The van der Waals surface area contributed by atoms with Crippen molar-refractivity contribution >= 4 is 30.8 Å². The molecule has 7 atom stereocenters. The Kier molecular flexibility index (Phi) is 7.73. The predicted octanol–water partition coefficient (Wildman–Crippen LogP) is 3.78. The van der Waals surface area contributed by atoms with Crippen LogP contribution < -0.4 is 0 Å². The van der Waals surface area contributed by atoms with E-state index in [-0.39, 0.29) is 40.5 Å². The van der Waals surface area contributed by atoms with Gasteiger partial charge in [0, 0.05) is 17.7 Å². The van der Waals surface area contributed by atoms with Crippen molar-refractivity contribution in [1.29, 1.82) is 0 Å². The van der Waals surface area contributed by atoms with Gasteiger partial charge in [0.2, 0.25) is 0 Å². The number of aliphatic hydroxyl groups excluding tert-OH is 2. The second-order valence-electron chi connectivity index (χ2n) is 9.33. The molecule has 0 radical (unpaired) electrons. The van der Waals surface area contributed by atoms with Gasteiger partial charge < -0.3 is 34.5 Å². The van der Waals surface area contributed by atoms with Crippen LogP contribution in [0.1, 0.15) is 64.3 Å². The Morgan fingerprint density at radius 2 is 1.91 bits per heavy atom. The summed E-state index contributed by atoms with van der Waals surface area (Å²) >= 11 is 5.38. The third-order valence-corrected chi connectivity index (χ3v) is 9.16. The fourth-order valence-corrected chi connectivity index (χ4v) is 5.60. The maximum atomic E-state index is 14.5. The van der Waals surface area contributed by atoms with Gasteiger partial charge >= 0.3 is 7.60 Å². The molecule has 1 aliphatic heterocycles. The number of rotatable bonds is 8. The van der Waals surface area contributed by atoms with E-state index in [9.17, 15) is 29.2 Å². The summed E-state index contributed by atoms with van der Waals surface area (Å²) in [6, 6.07) is 2.71. The largest absolute Gasteiger partial charge is 0.388 e. The van der Waals surface area contributed by atoms with E-state index in [0.29, 0.717) is 5.69 Å². The molecule has 5 N–H and O–H groups in total. The van der Waals surface area contributed by atoms with Crippen molar-refractivity contribution in [2.24, 2.45) is 0 Å². The van der Waals surface area contributed by atoms with Crippen LogP contribution >= 0.6 is 19.8 Å². The molecule has 2 aromatic rings. The fourth-order valence-electron chi connectivity index (χ4n) is 3.93. The van der Waals surface area contributed by atoms with Crippen LogP contribution in [0.2, 0.25) is 0 Å². The minimum absolute atomic E-state index is 0.00503. The quantitative estimate of drug-likeness (QED) is 0.260. The van der Waals surface area contributed by atoms with E-state index in [1.165, 1.54) is 19.1 Å². The normalized spacial score (nSPS) is 28.4. The molecule has 0 bridgehead atoms. The first kappa shape index (κ1) is 27.3. The molecule has 34 heavy (non-hydrogen) atoms. The van der Waals surface area contributed by atoms with Crippen LogP contribution in [0, 0.1) is 17.4 Å². The van der Waals surface area contributed by atoms with Crippen LogP contribution in [-0.2, 0) is 13.8 Å². The zero-order valence-corrected chi connectivity index (χ0v) is 21.5. The van der Waals surface area contributed by atoms with Gasteiger partial charge in [-0.25, -0.2) is 9.37 Å². The number of pyridine rings is 2. The van der Waals surface area contributed by atoms with E-state index >= 15 is 0 Å². The van der Waals surface area contributed by atoms with Gasteiger partial charge in [-0.1, -0.05) is 26.1 Å². The Bertz CT molecular complexity index is 1180. The van der Waals surface area contributed by atoms with Crippen molar-refractivity contribution in [2.45, 2.75) is 89.2 Å². The second-order valence-corrected chi connectivity index (χ2v) is 11.9. The minimum Gasteiger partial charge on any atom is -0.388 e. The lowest BCUT2D eigenvalue weighted by Gasteiger charge is -2.37. The molecular weight excluding hydrogens is 486 g/mol. The number of nitrogens with zero attached hydrogens (tertiary/aromatic N) is 1. The SMILES string of the molecule is CCC(C)(CC1OC(c2cc3c(F)cc(C)nc3[nH]c2=S)C(O)C1O)OP(=O)(O)C(C)(O)CC. The van der Waals surface area contributed by atoms with Crippen LogP contribution in [0.5, 0.6) is 0 Å². The van der Waals surface area contributed by atoms with E-state index in [1.807, 2.05) is 0 Å². The van der Waals surface area contributed by atoms with E-state index in [4.69, 9.17) is 21.5 Å². The van der Waals surface area contributed by atoms with Crippen molar-refractivity contribution < 1.29 is 38.4 Å². The summed E-state index contributed by atoms with van der Waals surface area (Å²) in [6.07, 6.45) is -4.61. The number of hydrogen-bond acceptors (Lipinski definition) is 8. The van der Waals surface area contributed by atoms with E-state index in [1.54, 1.807) is 27.7 Å². The van der Waals surface area contributed by atoms with Gasteiger partial charge in [0.25, 0.3) is 0 Å². The lowest BCUT2D eigenvalue weighted by atomic mass is 9.92. The Balaban J connectivity index is 1.89. The van der Waals surface area contributed by atoms with Gasteiger partial charge in [-0.2, -0.15) is 0 Å². The van der Waals surface area contributed by atoms with Crippen molar-refractivity contribution in [2.75, 3.05) is 0 Å². The molecule has 9 nitrogen and oxygen atoms in total. The van der Waals surface area contributed by atoms with E-state index in [2.05, 4.69) is 9.97 Å². The predicted molar refractivity (Wildman–Crippen MR) is 126 cm³/mol. The topological polar surface area (TPSA) is 145 Å². The molecule has 0 aliphatic carbocycles. The number of aromatic nitrogens is 2. The van der Waals surface area contributed by atoms with Crippen molar-refractivity contribution in [3.8, 4) is 0 Å². The number of H-pyrrole nitrogens is 1. The highest BCUT2D eigenvalue weighted by atomic mass is 32.1. The second kappa shape index (κ2) is 9.63. The average molecular weight is 519 g/mol. The number of halogens is 1. The van der Waals surface area contributed by atoms with E-state index in [0.717, 1.165) is 0 Å². The van der Waals surface area contributed by atoms with Gasteiger partial charge in [0.15, 0.2) is 5.34 Å². The van der Waals surface area contributed by atoms with Crippen molar-refractivity contribution in [3.05, 3.63) is 33.8 Å². The first-order valence-corrected chi connectivity index (χ1v) is 13.1. The monoisotopic (exact) mass is 518 g/mol. The number of fused-ring (bicyclic) bond motifs is 1. The standard InChI is InChI=1S/C22H32FN2O7PS/c1-6-21(4,32-33(29,30)22(5,28)7-2)10-15-16(26)17(27)18(31-15)13-9-12-14(23)8-11(3)24-19(12)25-20(13)34/h8-9,15-18,26-28H,6-7,10H2,1-5H3,(H,29,30)(H,24,25,34). The lowest BCUT2D eigenvalue weighted by Crippen LogP contribution is -2.40. The summed E-state index contributed by atoms with van der Waals surface area (Å²) in [7, 11) is -4.46. The lowest BCUT2D eigenvalue weighted by molar-refractivity contribution is -0.0531. The molecule has 7 unspecified atom stereocenters. The molecule has 3 rings (SSSR count).